The lowest BCUT2D eigenvalue weighted by Crippen LogP contribution is -2.62. The van der Waals surface area contributed by atoms with Crippen LogP contribution in [-0.4, -0.2) is 0 Å². The molecular weight excluding hydrogens is 144 g/mol. The summed E-state index contributed by atoms with van der Waals surface area (Å²) in [5.41, 5.74) is 1.27. The highest BCUT2D eigenvalue weighted by Crippen LogP contribution is 2.70. The lowest BCUT2D eigenvalue weighted by molar-refractivity contribution is -0.202. The first-order chi connectivity index (χ1) is 5.39. The van der Waals surface area contributed by atoms with Gasteiger partial charge in [-0.2, -0.15) is 0 Å². The van der Waals surface area contributed by atoms with Crippen LogP contribution in [-0.2, 0) is 0 Å². The molecular formula is C12H22. The zero-order valence-corrected chi connectivity index (χ0v) is 9.15. The highest BCUT2D eigenvalue weighted by atomic mass is 14.7. The highest BCUT2D eigenvalue weighted by molar-refractivity contribution is 5.11. The Bertz CT molecular complexity index is 202. The molecule has 0 nitrogen and oxygen atoms in total. The number of hydrogen-bond donors (Lipinski definition) is 0. The second-order valence-electron chi connectivity index (χ2n) is 6.04. The van der Waals surface area contributed by atoms with E-state index in [4.69, 9.17) is 0 Å². The summed E-state index contributed by atoms with van der Waals surface area (Å²) >= 11 is 0. The molecule has 0 aromatic heterocycles. The molecule has 0 aromatic carbocycles. The fourth-order valence-electron chi connectivity index (χ4n) is 3.80. The molecule has 0 spiro atoms. The molecule has 4 atom stereocenters. The zero-order chi connectivity index (χ0) is 9.15. The molecule has 3 aliphatic rings. The van der Waals surface area contributed by atoms with Crippen LogP contribution in [0.25, 0.3) is 0 Å². The molecule has 70 valence electrons. The van der Waals surface area contributed by atoms with Crippen LogP contribution in [0.4, 0.5) is 0 Å². The van der Waals surface area contributed by atoms with Crippen molar-refractivity contribution >= 4 is 0 Å². The van der Waals surface area contributed by atoms with Crippen molar-refractivity contribution in [3.8, 4) is 0 Å². The molecule has 0 heteroatoms. The molecule has 3 saturated carbocycles. The Morgan fingerprint density at radius 2 is 1.67 bits per heavy atom. The lowest BCUT2D eigenvalue weighted by Gasteiger charge is -2.69. The zero-order valence-electron chi connectivity index (χ0n) is 9.15. The van der Waals surface area contributed by atoms with Crippen molar-refractivity contribution < 1.29 is 0 Å². The van der Waals surface area contributed by atoms with E-state index in [-0.39, 0.29) is 0 Å². The summed E-state index contributed by atoms with van der Waals surface area (Å²) in [6, 6.07) is 0. The molecule has 0 aromatic rings. The summed E-state index contributed by atoms with van der Waals surface area (Å²) < 4.78 is 0. The van der Waals surface area contributed by atoms with Crippen LogP contribution in [0.2, 0.25) is 0 Å². The molecule has 4 unspecified atom stereocenters. The minimum atomic E-state index is 0.624. The summed E-state index contributed by atoms with van der Waals surface area (Å²) in [6.07, 6.45) is 2.97. The van der Waals surface area contributed by atoms with Crippen molar-refractivity contribution in [3.05, 3.63) is 0 Å². The highest BCUT2D eigenvalue weighted by Gasteiger charge is 2.63. The van der Waals surface area contributed by atoms with Crippen LogP contribution in [0, 0.1) is 28.6 Å². The summed E-state index contributed by atoms with van der Waals surface area (Å²) in [5, 5.41) is 0. The molecule has 3 fully saturated rings. The van der Waals surface area contributed by atoms with Crippen molar-refractivity contribution in [2.45, 2.75) is 47.5 Å². The van der Waals surface area contributed by atoms with Gasteiger partial charge in [0.1, 0.15) is 0 Å². The smallest absolute Gasteiger partial charge is 0.0241 e. The second-order valence-corrected chi connectivity index (χ2v) is 6.04. The van der Waals surface area contributed by atoms with Gasteiger partial charge in [0.15, 0.2) is 0 Å². The number of fused-ring (bicyclic) bond motifs is 2. The Kier molecular flexibility index (Phi) is 1.49. The second kappa shape index (κ2) is 2.08. The van der Waals surface area contributed by atoms with Gasteiger partial charge in [0.25, 0.3) is 0 Å². The van der Waals surface area contributed by atoms with E-state index < -0.39 is 0 Å². The van der Waals surface area contributed by atoms with Gasteiger partial charge in [0.2, 0.25) is 0 Å². The largest absolute Gasteiger partial charge is 0.0622 e. The molecule has 0 amide bonds. The van der Waals surface area contributed by atoms with E-state index in [1.807, 2.05) is 0 Å². The van der Waals surface area contributed by atoms with Crippen molar-refractivity contribution in [2.24, 2.45) is 28.6 Å². The van der Waals surface area contributed by atoms with Crippen molar-refractivity contribution in [2.75, 3.05) is 0 Å². The SMILES string of the molecule is CC1CC2CC(C)(C1C)C2(C)C. The Labute approximate surface area is 76.7 Å². The molecule has 3 aliphatic carbocycles. The number of hydrogen-bond acceptors (Lipinski definition) is 0. The molecule has 0 N–H and O–H groups in total. The standard InChI is InChI=1S/C12H22/c1-8-6-10-7-12(5,9(8)2)11(10,3)4/h8-10H,6-7H2,1-5H3. The molecule has 0 heterocycles. The van der Waals surface area contributed by atoms with E-state index in [1.54, 1.807) is 0 Å². The summed E-state index contributed by atoms with van der Waals surface area (Å²) in [5.74, 6) is 2.91. The quantitative estimate of drug-likeness (QED) is 0.514. The Morgan fingerprint density at radius 1 is 1.08 bits per heavy atom. The van der Waals surface area contributed by atoms with Gasteiger partial charge >= 0.3 is 0 Å². The third-order valence-corrected chi connectivity index (χ3v) is 5.68. The van der Waals surface area contributed by atoms with Crippen LogP contribution < -0.4 is 0 Å². The van der Waals surface area contributed by atoms with E-state index in [9.17, 15) is 0 Å². The maximum atomic E-state index is 2.50. The van der Waals surface area contributed by atoms with Crippen LogP contribution in [0.15, 0.2) is 0 Å². The van der Waals surface area contributed by atoms with E-state index in [0.29, 0.717) is 10.8 Å². The Hall–Kier alpha value is 0. The summed E-state index contributed by atoms with van der Waals surface area (Å²) in [6.45, 7) is 12.4. The predicted molar refractivity (Wildman–Crippen MR) is 52.9 cm³/mol. The first-order valence-electron chi connectivity index (χ1n) is 5.39. The first kappa shape index (κ1) is 8.59. The Balaban J connectivity index is 2.30. The minimum Gasteiger partial charge on any atom is -0.0622 e. The van der Waals surface area contributed by atoms with Gasteiger partial charge in [-0.3, -0.25) is 0 Å². The molecule has 0 saturated heterocycles. The molecule has 2 bridgehead atoms. The normalized spacial score (nSPS) is 56.2. The van der Waals surface area contributed by atoms with Gasteiger partial charge in [0.05, 0.1) is 0 Å². The van der Waals surface area contributed by atoms with Crippen LogP contribution >= 0.6 is 0 Å². The van der Waals surface area contributed by atoms with Crippen molar-refractivity contribution in [1.29, 1.82) is 0 Å². The fraction of sp³-hybridized carbons (Fsp3) is 1.00. The van der Waals surface area contributed by atoms with E-state index in [1.165, 1.54) is 12.8 Å². The first-order valence-corrected chi connectivity index (χ1v) is 5.39. The molecule has 0 aliphatic heterocycles. The average molecular weight is 166 g/mol. The van der Waals surface area contributed by atoms with Crippen LogP contribution in [0.1, 0.15) is 47.5 Å². The topological polar surface area (TPSA) is 0 Å². The van der Waals surface area contributed by atoms with Crippen LogP contribution in [0.3, 0.4) is 0 Å². The van der Waals surface area contributed by atoms with Gasteiger partial charge < -0.3 is 0 Å². The summed E-state index contributed by atoms with van der Waals surface area (Å²) in [7, 11) is 0. The maximum absolute atomic E-state index is 2.50. The number of rotatable bonds is 0. The van der Waals surface area contributed by atoms with E-state index >= 15 is 0 Å². The van der Waals surface area contributed by atoms with Gasteiger partial charge in [-0.1, -0.05) is 34.6 Å². The van der Waals surface area contributed by atoms with Gasteiger partial charge in [-0.25, -0.2) is 0 Å². The average Bonchev–Trinajstić information content (AvgIpc) is 1.99. The monoisotopic (exact) mass is 166 g/mol. The van der Waals surface area contributed by atoms with Gasteiger partial charge in [0, 0.05) is 0 Å². The van der Waals surface area contributed by atoms with Gasteiger partial charge in [-0.15, -0.1) is 0 Å². The van der Waals surface area contributed by atoms with E-state index in [2.05, 4.69) is 34.6 Å². The van der Waals surface area contributed by atoms with Gasteiger partial charge in [-0.05, 0) is 41.4 Å². The van der Waals surface area contributed by atoms with Crippen molar-refractivity contribution in [3.63, 3.8) is 0 Å². The minimum absolute atomic E-state index is 0.624. The summed E-state index contributed by atoms with van der Waals surface area (Å²) in [4.78, 5) is 0. The Morgan fingerprint density at radius 3 is 2.08 bits per heavy atom. The van der Waals surface area contributed by atoms with Crippen molar-refractivity contribution in [1.82, 2.24) is 0 Å². The molecule has 0 radical (unpaired) electrons. The maximum Gasteiger partial charge on any atom is -0.0241 e. The molecule has 3 rings (SSSR count). The fourth-order valence-corrected chi connectivity index (χ4v) is 3.80. The van der Waals surface area contributed by atoms with Crippen LogP contribution in [0.5, 0.6) is 0 Å². The van der Waals surface area contributed by atoms with E-state index in [0.717, 1.165) is 17.8 Å². The predicted octanol–water partition coefficient (Wildman–Crippen LogP) is 3.71. The lowest BCUT2D eigenvalue weighted by atomic mass is 9.36. The molecule has 12 heavy (non-hydrogen) atoms. The third-order valence-electron chi connectivity index (χ3n) is 5.68. The third kappa shape index (κ3) is 0.701.